The van der Waals surface area contributed by atoms with Crippen molar-refractivity contribution in [1.29, 1.82) is 0 Å². The Bertz CT molecular complexity index is 807. The average molecular weight is 301 g/mol. The van der Waals surface area contributed by atoms with Crippen molar-refractivity contribution in [2.75, 3.05) is 4.90 Å². The Balaban J connectivity index is 2.13. The van der Waals surface area contributed by atoms with Gasteiger partial charge in [-0.3, -0.25) is 4.79 Å². The van der Waals surface area contributed by atoms with E-state index in [4.69, 9.17) is 0 Å². The molecule has 0 aliphatic rings. The first-order valence-corrected chi connectivity index (χ1v) is 7.67. The highest BCUT2D eigenvalue weighted by atomic mass is 16.1. The molecule has 3 aromatic carbocycles. The fourth-order valence-corrected chi connectivity index (χ4v) is 2.59. The van der Waals surface area contributed by atoms with E-state index >= 15 is 0 Å². The van der Waals surface area contributed by atoms with Crippen molar-refractivity contribution in [2.24, 2.45) is 0 Å². The van der Waals surface area contributed by atoms with E-state index in [-0.39, 0.29) is 0 Å². The van der Waals surface area contributed by atoms with Crippen LogP contribution in [0.25, 0.3) is 0 Å². The molecule has 2 heteroatoms. The lowest BCUT2D eigenvalue weighted by atomic mass is 10.1. The summed E-state index contributed by atoms with van der Waals surface area (Å²) in [6, 6.07) is 24.4. The minimum Gasteiger partial charge on any atom is -0.310 e. The van der Waals surface area contributed by atoms with Crippen LogP contribution in [0.1, 0.15) is 21.5 Å². The summed E-state index contributed by atoms with van der Waals surface area (Å²) in [6.45, 7) is 4.24. The molecule has 23 heavy (non-hydrogen) atoms. The topological polar surface area (TPSA) is 20.3 Å². The minimum absolute atomic E-state index is 0.682. The van der Waals surface area contributed by atoms with Gasteiger partial charge in [-0.1, -0.05) is 24.3 Å². The number of benzene rings is 3. The van der Waals surface area contributed by atoms with Crippen LogP contribution in [-0.4, -0.2) is 6.29 Å². The summed E-state index contributed by atoms with van der Waals surface area (Å²) in [7, 11) is 0. The Hall–Kier alpha value is -2.87. The molecule has 0 N–H and O–H groups in total. The van der Waals surface area contributed by atoms with Gasteiger partial charge >= 0.3 is 0 Å². The molecule has 0 unspecified atom stereocenters. The van der Waals surface area contributed by atoms with Gasteiger partial charge in [0, 0.05) is 22.6 Å². The van der Waals surface area contributed by atoms with Crippen LogP contribution in [0, 0.1) is 13.8 Å². The molecule has 0 heterocycles. The van der Waals surface area contributed by atoms with Crippen LogP contribution < -0.4 is 4.90 Å². The van der Waals surface area contributed by atoms with Crippen molar-refractivity contribution in [3.8, 4) is 0 Å². The van der Waals surface area contributed by atoms with E-state index < -0.39 is 0 Å². The normalized spacial score (nSPS) is 10.3. The van der Waals surface area contributed by atoms with E-state index in [2.05, 4.69) is 49.1 Å². The van der Waals surface area contributed by atoms with E-state index in [0.717, 1.165) is 23.3 Å². The molecule has 0 spiro atoms. The number of anilines is 3. The van der Waals surface area contributed by atoms with Crippen LogP contribution in [0.4, 0.5) is 17.1 Å². The summed E-state index contributed by atoms with van der Waals surface area (Å²) < 4.78 is 0. The van der Waals surface area contributed by atoms with E-state index in [0.29, 0.717) is 5.56 Å². The molecule has 0 fully saturated rings. The van der Waals surface area contributed by atoms with E-state index in [1.807, 2.05) is 42.5 Å². The second kappa shape index (κ2) is 6.49. The molecule has 0 saturated heterocycles. The lowest BCUT2D eigenvalue weighted by Gasteiger charge is -2.26. The molecule has 0 bridgehead atoms. The van der Waals surface area contributed by atoms with Crippen molar-refractivity contribution in [1.82, 2.24) is 0 Å². The number of hydrogen-bond donors (Lipinski definition) is 0. The number of rotatable bonds is 4. The summed E-state index contributed by atoms with van der Waals surface area (Å²) in [5.74, 6) is 0. The SMILES string of the molecule is Cc1ccc(N(c2ccccc2)c2ccc(C=O)cc2)cc1C. The highest BCUT2D eigenvalue weighted by molar-refractivity contribution is 5.80. The quantitative estimate of drug-likeness (QED) is 0.586. The zero-order valence-electron chi connectivity index (χ0n) is 13.4. The molecule has 2 nitrogen and oxygen atoms in total. The van der Waals surface area contributed by atoms with Gasteiger partial charge in [0.05, 0.1) is 0 Å². The maximum absolute atomic E-state index is 10.9. The summed E-state index contributed by atoms with van der Waals surface area (Å²) >= 11 is 0. The van der Waals surface area contributed by atoms with Crippen LogP contribution in [0.3, 0.4) is 0 Å². The van der Waals surface area contributed by atoms with Crippen LogP contribution in [0.5, 0.6) is 0 Å². The van der Waals surface area contributed by atoms with Gasteiger partial charge in [0.2, 0.25) is 0 Å². The molecule has 3 aromatic rings. The zero-order chi connectivity index (χ0) is 16.2. The van der Waals surface area contributed by atoms with Gasteiger partial charge in [-0.05, 0) is 73.5 Å². The Morgan fingerprint density at radius 3 is 1.91 bits per heavy atom. The van der Waals surface area contributed by atoms with Crippen molar-refractivity contribution < 1.29 is 4.79 Å². The van der Waals surface area contributed by atoms with Crippen LogP contribution >= 0.6 is 0 Å². The molecule has 0 radical (unpaired) electrons. The first kappa shape index (κ1) is 15.0. The fourth-order valence-electron chi connectivity index (χ4n) is 2.59. The molecule has 0 atom stereocenters. The summed E-state index contributed by atoms with van der Waals surface area (Å²) in [5, 5.41) is 0. The van der Waals surface area contributed by atoms with Gasteiger partial charge in [0.1, 0.15) is 6.29 Å². The smallest absolute Gasteiger partial charge is 0.150 e. The van der Waals surface area contributed by atoms with Gasteiger partial charge in [-0.15, -0.1) is 0 Å². The predicted octanol–water partition coefficient (Wildman–Crippen LogP) is 5.59. The summed E-state index contributed by atoms with van der Waals surface area (Å²) in [6.07, 6.45) is 0.868. The van der Waals surface area contributed by atoms with Gasteiger partial charge in [-0.2, -0.15) is 0 Å². The molecule has 0 aliphatic heterocycles. The van der Waals surface area contributed by atoms with Crippen molar-refractivity contribution in [3.05, 3.63) is 89.5 Å². The van der Waals surface area contributed by atoms with Gasteiger partial charge in [-0.25, -0.2) is 0 Å². The number of nitrogens with zero attached hydrogens (tertiary/aromatic N) is 1. The Labute approximate surface area is 137 Å². The lowest BCUT2D eigenvalue weighted by Crippen LogP contribution is -2.10. The zero-order valence-corrected chi connectivity index (χ0v) is 13.4. The molecule has 0 amide bonds. The monoisotopic (exact) mass is 301 g/mol. The standard InChI is InChI=1S/C21H19NO/c1-16-8-11-21(14-17(16)2)22(19-6-4-3-5-7-19)20-12-9-18(15-23)10-13-20/h3-15H,1-2H3. The summed E-state index contributed by atoms with van der Waals surface area (Å²) in [4.78, 5) is 13.1. The third-order valence-corrected chi connectivity index (χ3v) is 4.05. The number of aldehydes is 1. The van der Waals surface area contributed by atoms with Crippen molar-refractivity contribution >= 4 is 23.3 Å². The number of para-hydroxylation sites is 1. The highest BCUT2D eigenvalue weighted by Gasteiger charge is 2.12. The van der Waals surface area contributed by atoms with Gasteiger partial charge < -0.3 is 4.90 Å². The molecule has 114 valence electrons. The molecule has 0 aromatic heterocycles. The number of aryl methyl sites for hydroxylation is 2. The van der Waals surface area contributed by atoms with Gasteiger partial charge in [0.25, 0.3) is 0 Å². The molecular weight excluding hydrogens is 282 g/mol. The second-order valence-corrected chi connectivity index (χ2v) is 5.65. The maximum Gasteiger partial charge on any atom is 0.150 e. The third-order valence-electron chi connectivity index (χ3n) is 4.05. The molecular formula is C21H19NO. The first-order valence-electron chi connectivity index (χ1n) is 7.67. The van der Waals surface area contributed by atoms with Gasteiger partial charge in [0.15, 0.2) is 0 Å². The highest BCUT2D eigenvalue weighted by Crippen LogP contribution is 2.35. The lowest BCUT2D eigenvalue weighted by molar-refractivity contribution is 0.112. The predicted molar refractivity (Wildman–Crippen MR) is 96.0 cm³/mol. The van der Waals surface area contributed by atoms with Crippen molar-refractivity contribution in [3.63, 3.8) is 0 Å². The molecule has 0 saturated carbocycles. The Morgan fingerprint density at radius 1 is 0.696 bits per heavy atom. The molecule has 3 rings (SSSR count). The van der Waals surface area contributed by atoms with Crippen LogP contribution in [0.2, 0.25) is 0 Å². The number of carbonyl (C=O) groups is 1. The van der Waals surface area contributed by atoms with Crippen LogP contribution in [0.15, 0.2) is 72.8 Å². The van der Waals surface area contributed by atoms with E-state index in [1.54, 1.807) is 0 Å². The molecule has 0 aliphatic carbocycles. The second-order valence-electron chi connectivity index (χ2n) is 5.65. The average Bonchev–Trinajstić information content (AvgIpc) is 2.60. The van der Waals surface area contributed by atoms with E-state index in [9.17, 15) is 4.79 Å². The third kappa shape index (κ3) is 3.16. The van der Waals surface area contributed by atoms with Crippen LogP contribution in [-0.2, 0) is 0 Å². The van der Waals surface area contributed by atoms with E-state index in [1.165, 1.54) is 11.1 Å². The number of carbonyl (C=O) groups excluding carboxylic acids is 1. The maximum atomic E-state index is 10.9. The summed E-state index contributed by atoms with van der Waals surface area (Å²) in [5.41, 5.74) is 6.45. The van der Waals surface area contributed by atoms with Crippen molar-refractivity contribution in [2.45, 2.75) is 13.8 Å². The first-order chi connectivity index (χ1) is 11.2. The Kier molecular flexibility index (Phi) is 4.24. The Morgan fingerprint density at radius 2 is 1.30 bits per heavy atom. The fraction of sp³-hybridized carbons (Fsp3) is 0.0952. The minimum atomic E-state index is 0.682. The largest absolute Gasteiger partial charge is 0.310 e. The number of hydrogen-bond acceptors (Lipinski definition) is 2.